The number of ether oxygens (including phenoxy) is 1. The van der Waals surface area contributed by atoms with Gasteiger partial charge in [-0.2, -0.15) is 0 Å². The van der Waals surface area contributed by atoms with Crippen LogP contribution in [0.25, 0.3) is 0 Å². The molecule has 1 amide bonds. The zero-order valence-corrected chi connectivity index (χ0v) is 15.6. The van der Waals surface area contributed by atoms with Crippen LogP contribution in [0.5, 0.6) is 5.75 Å². The van der Waals surface area contributed by atoms with Gasteiger partial charge in [-0.3, -0.25) is 4.79 Å². The summed E-state index contributed by atoms with van der Waals surface area (Å²) in [6.45, 7) is 0.607. The second kappa shape index (κ2) is 9.32. The molecule has 0 fully saturated rings. The van der Waals surface area contributed by atoms with Crippen molar-refractivity contribution in [3.05, 3.63) is 89.4 Å². The first-order chi connectivity index (χ1) is 12.7. The monoisotopic (exact) mass is 383 g/mol. The van der Waals surface area contributed by atoms with Gasteiger partial charge in [0.05, 0.1) is 6.61 Å². The summed E-state index contributed by atoms with van der Waals surface area (Å²) in [6, 6.07) is 24.4. The molecule has 0 bridgehead atoms. The van der Waals surface area contributed by atoms with E-state index in [1.165, 1.54) is 4.90 Å². The molecule has 3 aromatic rings. The molecule has 0 atom stereocenters. The van der Waals surface area contributed by atoms with Gasteiger partial charge in [0, 0.05) is 26.9 Å². The van der Waals surface area contributed by atoms with E-state index >= 15 is 0 Å². The summed E-state index contributed by atoms with van der Waals surface area (Å²) < 4.78 is 5.73. The highest BCUT2D eigenvalue weighted by molar-refractivity contribution is 7.99. The third-order valence-electron chi connectivity index (χ3n) is 3.58. The van der Waals surface area contributed by atoms with E-state index < -0.39 is 0 Å². The Hall–Kier alpha value is -2.43. The standard InChI is InChI=1S/C21H18ClNO2S/c22-17-8-10-18(11-9-17)23-21(24)16-6-12-19(13-7-16)25-14-15-26-20-4-2-1-3-5-20/h1-13H,14-15H2,(H,23,24). The average Bonchev–Trinajstić information content (AvgIpc) is 2.68. The topological polar surface area (TPSA) is 38.3 Å². The molecular formula is C21H18ClNO2S. The van der Waals surface area contributed by atoms with Gasteiger partial charge >= 0.3 is 0 Å². The molecule has 1 N–H and O–H groups in total. The molecule has 0 aliphatic heterocycles. The van der Waals surface area contributed by atoms with E-state index in [1.807, 2.05) is 30.3 Å². The normalized spacial score (nSPS) is 10.3. The van der Waals surface area contributed by atoms with Crippen molar-refractivity contribution in [2.75, 3.05) is 17.7 Å². The molecule has 3 nitrogen and oxygen atoms in total. The van der Waals surface area contributed by atoms with E-state index in [0.29, 0.717) is 22.9 Å². The number of carbonyl (C=O) groups excluding carboxylic acids is 1. The fraction of sp³-hybridized carbons (Fsp3) is 0.0952. The van der Waals surface area contributed by atoms with Crippen LogP contribution in [0.1, 0.15) is 10.4 Å². The molecule has 0 radical (unpaired) electrons. The Balaban J connectivity index is 1.46. The van der Waals surface area contributed by atoms with Crippen LogP contribution in [0, 0.1) is 0 Å². The summed E-state index contributed by atoms with van der Waals surface area (Å²) in [4.78, 5) is 13.5. The van der Waals surface area contributed by atoms with Gasteiger partial charge in [-0.25, -0.2) is 0 Å². The van der Waals surface area contributed by atoms with E-state index in [1.54, 1.807) is 48.2 Å². The molecule has 132 valence electrons. The van der Waals surface area contributed by atoms with Crippen molar-refractivity contribution in [1.82, 2.24) is 0 Å². The number of hydrogen-bond acceptors (Lipinski definition) is 3. The summed E-state index contributed by atoms with van der Waals surface area (Å²) in [5.74, 6) is 1.45. The quantitative estimate of drug-likeness (QED) is 0.416. The van der Waals surface area contributed by atoms with Gasteiger partial charge in [0.25, 0.3) is 5.91 Å². The fourth-order valence-electron chi connectivity index (χ4n) is 2.27. The van der Waals surface area contributed by atoms with Gasteiger partial charge in [-0.1, -0.05) is 29.8 Å². The molecule has 3 aromatic carbocycles. The van der Waals surface area contributed by atoms with Crippen molar-refractivity contribution in [1.29, 1.82) is 0 Å². The predicted molar refractivity (Wildman–Crippen MR) is 109 cm³/mol. The zero-order chi connectivity index (χ0) is 18.2. The van der Waals surface area contributed by atoms with E-state index in [9.17, 15) is 4.79 Å². The molecule has 3 rings (SSSR count). The van der Waals surface area contributed by atoms with Crippen LogP contribution in [0.4, 0.5) is 5.69 Å². The van der Waals surface area contributed by atoms with Crippen molar-refractivity contribution in [2.45, 2.75) is 4.90 Å². The van der Waals surface area contributed by atoms with Gasteiger partial charge in [-0.15, -0.1) is 11.8 Å². The highest BCUT2D eigenvalue weighted by Gasteiger charge is 2.06. The maximum absolute atomic E-state index is 12.2. The molecule has 0 heterocycles. The Kier molecular flexibility index (Phi) is 6.58. The Morgan fingerprint density at radius 2 is 1.62 bits per heavy atom. The van der Waals surface area contributed by atoms with Crippen LogP contribution in [0.15, 0.2) is 83.8 Å². The lowest BCUT2D eigenvalue weighted by atomic mass is 10.2. The lowest BCUT2D eigenvalue weighted by Crippen LogP contribution is -2.11. The minimum absolute atomic E-state index is 0.168. The number of thioether (sulfide) groups is 1. The average molecular weight is 384 g/mol. The maximum Gasteiger partial charge on any atom is 0.255 e. The van der Waals surface area contributed by atoms with E-state index in [-0.39, 0.29) is 5.91 Å². The van der Waals surface area contributed by atoms with Crippen LogP contribution in [0.3, 0.4) is 0 Å². The van der Waals surface area contributed by atoms with Crippen LogP contribution < -0.4 is 10.1 Å². The Bertz CT molecular complexity index is 836. The number of hydrogen-bond donors (Lipinski definition) is 1. The van der Waals surface area contributed by atoms with Crippen molar-refractivity contribution in [3.8, 4) is 5.75 Å². The third-order valence-corrected chi connectivity index (χ3v) is 4.81. The highest BCUT2D eigenvalue weighted by atomic mass is 35.5. The van der Waals surface area contributed by atoms with Gasteiger partial charge < -0.3 is 10.1 Å². The number of nitrogens with one attached hydrogen (secondary N) is 1. The summed E-state index contributed by atoms with van der Waals surface area (Å²) >= 11 is 7.59. The number of carbonyl (C=O) groups is 1. The molecule has 5 heteroatoms. The zero-order valence-electron chi connectivity index (χ0n) is 14.0. The smallest absolute Gasteiger partial charge is 0.255 e. The second-order valence-electron chi connectivity index (χ2n) is 5.50. The van der Waals surface area contributed by atoms with Crippen molar-refractivity contribution in [3.63, 3.8) is 0 Å². The molecule has 0 aliphatic rings. The summed E-state index contributed by atoms with van der Waals surface area (Å²) in [6.07, 6.45) is 0. The first kappa shape index (κ1) is 18.4. The molecule has 0 saturated carbocycles. The number of rotatable bonds is 7. The molecule has 0 spiro atoms. The van der Waals surface area contributed by atoms with Crippen molar-refractivity contribution < 1.29 is 9.53 Å². The Morgan fingerprint density at radius 3 is 2.31 bits per heavy atom. The molecule has 0 saturated heterocycles. The fourth-order valence-corrected chi connectivity index (χ4v) is 3.15. The Morgan fingerprint density at radius 1 is 0.923 bits per heavy atom. The first-order valence-electron chi connectivity index (χ1n) is 8.18. The van der Waals surface area contributed by atoms with Gasteiger partial charge in [0.2, 0.25) is 0 Å². The van der Waals surface area contributed by atoms with Crippen LogP contribution in [0.2, 0.25) is 5.02 Å². The van der Waals surface area contributed by atoms with Crippen molar-refractivity contribution in [2.24, 2.45) is 0 Å². The number of halogens is 1. The maximum atomic E-state index is 12.2. The Labute approximate surface area is 162 Å². The summed E-state index contributed by atoms with van der Waals surface area (Å²) in [5, 5.41) is 3.47. The van der Waals surface area contributed by atoms with Crippen LogP contribution in [-0.4, -0.2) is 18.3 Å². The highest BCUT2D eigenvalue weighted by Crippen LogP contribution is 2.19. The molecular weight excluding hydrogens is 366 g/mol. The van der Waals surface area contributed by atoms with Crippen molar-refractivity contribution >= 4 is 35.0 Å². The number of amides is 1. The van der Waals surface area contributed by atoms with Gasteiger partial charge in [0.15, 0.2) is 0 Å². The molecule has 0 unspecified atom stereocenters. The molecule has 26 heavy (non-hydrogen) atoms. The number of benzene rings is 3. The minimum Gasteiger partial charge on any atom is -0.493 e. The van der Waals surface area contributed by atoms with Gasteiger partial charge in [-0.05, 0) is 60.7 Å². The third kappa shape index (κ3) is 5.55. The summed E-state index contributed by atoms with van der Waals surface area (Å²) in [7, 11) is 0. The summed E-state index contributed by atoms with van der Waals surface area (Å²) in [5.41, 5.74) is 1.28. The minimum atomic E-state index is -0.168. The molecule has 0 aromatic heterocycles. The van der Waals surface area contributed by atoms with E-state index in [4.69, 9.17) is 16.3 Å². The predicted octanol–water partition coefficient (Wildman–Crippen LogP) is 5.76. The number of anilines is 1. The lowest BCUT2D eigenvalue weighted by Gasteiger charge is -2.08. The largest absolute Gasteiger partial charge is 0.493 e. The lowest BCUT2D eigenvalue weighted by molar-refractivity contribution is 0.102. The van der Waals surface area contributed by atoms with Crippen LogP contribution in [-0.2, 0) is 0 Å². The first-order valence-corrected chi connectivity index (χ1v) is 9.55. The van der Waals surface area contributed by atoms with Gasteiger partial charge in [0.1, 0.15) is 5.75 Å². The second-order valence-corrected chi connectivity index (χ2v) is 7.10. The van der Waals surface area contributed by atoms with E-state index in [2.05, 4.69) is 17.4 Å². The van der Waals surface area contributed by atoms with E-state index in [0.717, 1.165) is 11.5 Å². The SMILES string of the molecule is O=C(Nc1ccc(Cl)cc1)c1ccc(OCCSc2ccccc2)cc1. The van der Waals surface area contributed by atoms with Crippen LogP contribution >= 0.6 is 23.4 Å². The molecule has 0 aliphatic carbocycles.